The molecule has 0 aromatic heterocycles. The van der Waals surface area contributed by atoms with Crippen molar-refractivity contribution in [3.8, 4) is 0 Å². The predicted molar refractivity (Wildman–Crippen MR) is 64.1 cm³/mol. The first-order chi connectivity index (χ1) is 9.50. The lowest BCUT2D eigenvalue weighted by molar-refractivity contribution is -0.143. The molecule has 0 saturated heterocycles. The van der Waals surface area contributed by atoms with Gasteiger partial charge < -0.3 is 4.84 Å². The molecule has 0 spiro atoms. The van der Waals surface area contributed by atoms with Crippen LogP contribution in [0.3, 0.4) is 0 Å². The fraction of sp³-hybridized carbons (Fsp3) is 0.538. The van der Waals surface area contributed by atoms with E-state index in [1.165, 1.54) is 0 Å². The minimum absolute atomic E-state index is 0.0957. The van der Waals surface area contributed by atoms with Gasteiger partial charge in [0.05, 0.1) is 17.7 Å². The molecule has 21 heavy (non-hydrogen) atoms. The van der Waals surface area contributed by atoms with E-state index in [-0.39, 0.29) is 24.1 Å². The molecule has 2 nitrogen and oxygen atoms in total. The second-order valence-corrected chi connectivity index (χ2v) is 4.94. The third kappa shape index (κ3) is 5.92. The zero-order valence-corrected chi connectivity index (χ0v) is 11.4. The Balaban J connectivity index is 2.93. The highest BCUT2D eigenvalue weighted by molar-refractivity contribution is 5.33. The fourth-order valence-electron chi connectivity index (χ4n) is 1.48. The van der Waals surface area contributed by atoms with Gasteiger partial charge in [0.25, 0.3) is 0 Å². The second-order valence-electron chi connectivity index (χ2n) is 4.94. The van der Waals surface area contributed by atoms with Gasteiger partial charge in [0.15, 0.2) is 0 Å². The summed E-state index contributed by atoms with van der Waals surface area (Å²) in [5, 5.41) is 0. The maximum Gasteiger partial charge on any atom is 0.416 e. The Labute approximate surface area is 118 Å². The van der Waals surface area contributed by atoms with Gasteiger partial charge in [-0.25, -0.2) is 0 Å². The van der Waals surface area contributed by atoms with Gasteiger partial charge in [0.2, 0.25) is 0 Å². The molecule has 1 aromatic rings. The number of rotatable bonds is 5. The molecule has 8 heteroatoms. The number of halogens is 6. The van der Waals surface area contributed by atoms with Crippen LogP contribution in [0.15, 0.2) is 18.2 Å². The van der Waals surface area contributed by atoms with Crippen molar-refractivity contribution < 1.29 is 31.2 Å². The van der Waals surface area contributed by atoms with Crippen LogP contribution in [0.5, 0.6) is 0 Å². The number of hydroxylamine groups is 1. The maximum absolute atomic E-state index is 12.6. The molecular weight excluding hydrogens is 300 g/mol. The summed E-state index contributed by atoms with van der Waals surface area (Å²) in [7, 11) is 0. The van der Waals surface area contributed by atoms with Crippen molar-refractivity contribution in [3.63, 3.8) is 0 Å². The standard InChI is InChI=1S/C13H15F6NO/c1-8(2)7-21-20-6-9-3-10(12(14,15)16)5-11(4-9)13(17,18)19/h3-5,8,20H,6-7H2,1-2H3. The van der Waals surface area contributed by atoms with Gasteiger partial charge in [-0.2, -0.15) is 31.8 Å². The van der Waals surface area contributed by atoms with Crippen molar-refractivity contribution in [2.45, 2.75) is 32.7 Å². The Kier molecular flexibility index (Phi) is 5.63. The normalized spacial score (nSPS) is 13.0. The predicted octanol–water partition coefficient (Wildman–Crippen LogP) is 4.40. The van der Waals surface area contributed by atoms with Crippen molar-refractivity contribution in [3.05, 3.63) is 34.9 Å². The summed E-state index contributed by atoms with van der Waals surface area (Å²) in [6.07, 6.45) is -9.68. The van der Waals surface area contributed by atoms with Crippen LogP contribution in [0.4, 0.5) is 26.3 Å². The molecule has 0 fully saturated rings. The van der Waals surface area contributed by atoms with E-state index < -0.39 is 23.5 Å². The Hall–Kier alpha value is -1.28. The number of nitrogens with one attached hydrogen (secondary N) is 1. The van der Waals surface area contributed by atoms with Crippen LogP contribution in [0.25, 0.3) is 0 Å². The van der Waals surface area contributed by atoms with E-state index in [0.29, 0.717) is 18.7 Å². The molecule has 0 unspecified atom stereocenters. The van der Waals surface area contributed by atoms with Gasteiger partial charge >= 0.3 is 12.4 Å². The summed E-state index contributed by atoms with van der Waals surface area (Å²) in [4.78, 5) is 4.94. The smallest absolute Gasteiger partial charge is 0.301 e. The zero-order valence-electron chi connectivity index (χ0n) is 11.4. The SMILES string of the molecule is CC(C)CONCc1cc(C(F)(F)F)cc(C(F)(F)F)c1. The molecule has 1 N–H and O–H groups in total. The highest BCUT2D eigenvalue weighted by atomic mass is 19.4. The molecule has 0 aliphatic heterocycles. The van der Waals surface area contributed by atoms with Gasteiger partial charge in [-0.05, 0) is 29.7 Å². The van der Waals surface area contributed by atoms with Crippen molar-refractivity contribution >= 4 is 0 Å². The van der Waals surface area contributed by atoms with Crippen LogP contribution in [0.1, 0.15) is 30.5 Å². The van der Waals surface area contributed by atoms with Crippen LogP contribution < -0.4 is 5.48 Å². The average Bonchev–Trinajstić information content (AvgIpc) is 2.32. The average molecular weight is 315 g/mol. The van der Waals surface area contributed by atoms with Crippen LogP contribution in [-0.4, -0.2) is 6.61 Å². The Morgan fingerprint density at radius 2 is 1.43 bits per heavy atom. The van der Waals surface area contributed by atoms with Gasteiger partial charge in [0.1, 0.15) is 0 Å². The number of alkyl halides is 6. The first kappa shape index (κ1) is 17.8. The maximum atomic E-state index is 12.6. The van der Waals surface area contributed by atoms with E-state index in [2.05, 4.69) is 5.48 Å². The largest absolute Gasteiger partial charge is 0.416 e. The Morgan fingerprint density at radius 1 is 0.952 bits per heavy atom. The summed E-state index contributed by atoms with van der Waals surface area (Å²) in [5.74, 6) is 0.185. The van der Waals surface area contributed by atoms with Crippen LogP contribution in [-0.2, 0) is 23.7 Å². The highest BCUT2D eigenvalue weighted by Gasteiger charge is 2.36. The molecule has 1 rings (SSSR count). The summed E-state index contributed by atoms with van der Waals surface area (Å²) in [5.41, 5.74) is -0.467. The van der Waals surface area contributed by atoms with E-state index in [9.17, 15) is 26.3 Å². The molecule has 0 aliphatic carbocycles. The first-order valence-corrected chi connectivity index (χ1v) is 6.13. The molecule has 0 heterocycles. The van der Waals surface area contributed by atoms with Gasteiger partial charge in [-0.3, -0.25) is 0 Å². The number of benzene rings is 1. The van der Waals surface area contributed by atoms with Crippen LogP contribution >= 0.6 is 0 Å². The number of hydrogen-bond donors (Lipinski definition) is 1. The molecule has 0 bridgehead atoms. The fourth-order valence-corrected chi connectivity index (χ4v) is 1.48. The third-order valence-electron chi connectivity index (χ3n) is 2.44. The van der Waals surface area contributed by atoms with Crippen molar-refractivity contribution in [1.29, 1.82) is 0 Å². The lowest BCUT2D eigenvalue weighted by Crippen LogP contribution is -2.19. The highest BCUT2D eigenvalue weighted by Crippen LogP contribution is 2.36. The molecule has 0 atom stereocenters. The minimum atomic E-state index is -4.84. The van der Waals surface area contributed by atoms with Crippen LogP contribution in [0.2, 0.25) is 0 Å². The molecule has 1 aromatic carbocycles. The topological polar surface area (TPSA) is 21.3 Å². The van der Waals surface area contributed by atoms with E-state index in [1.54, 1.807) is 0 Å². The summed E-state index contributed by atoms with van der Waals surface area (Å²) in [6.45, 7) is 3.76. The van der Waals surface area contributed by atoms with E-state index in [4.69, 9.17) is 4.84 Å². The summed E-state index contributed by atoms with van der Waals surface area (Å²) in [6, 6.07) is 1.43. The van der Waals surface area contributed by atoms with Gasteiger partial charge in [-0.1, -0.05) is 13.8 Å². The lowest BCUT2D eigenvalue weighted by Gasteiger charge is -2.15. The van der Waals surface area contributed by atoms with Gasteiger partial charge in [0, 0.05) is 6.54 Å². The Bertz CT molecular complexity index is 434. The van der Waals surface area contributed by atoms with E-state index >= 15 is 0 Å². The molecule has 0 amide bonds. The van der Waals surface area contributed by atoms with Crippen molar-refractivity contribution in [2.24, 2.45) is 5.92 Å². The Morgan fingerprint density at radius 3 is 1.81 bits per heavy atom. The summed E-state index contributed by atoms with van der Waals surface area (Å²) < 4.78 is 75.7. The minimum Gasteiger partial charge on any atom is -0.301 e. The molecule has 0 aliphatic rings. The number of hydrogen-bond acceptors (Lipinski definition) is 2. The monoisotopic (exact) mass is 315 g/mol. The lowest BCUT2D eigenvalue weighted by atomic mass is 10.0. The first-order valence-electron chi connectivity index (χ1n) is 6.13. The van der Waals surface area contributed by atoms with Gasteiger partial charge in [-0.15, -0.1) is 0 Å². The third-order valence-corrected chi connectivity index (χ3v) is 2.44. The molecule has 120 valence electrons. The molecule has 0 radical (unpaired) electrons. The second kappa shape index (κ2) is 6.65. The quantitative estimate of drug-likeness (QED) is 0.494. The molecular formula is C13H15F6NO. The molecule has 0 saturated carbocycles. The van der Waals surface area contributed by atoms with Crippen molar-refractivity contribution in [1.82, 2.24) is 5.48 Å². The van der Waals surface area contributed by atoms with Crippen LogP contribution in [0, 0.1) is 5.92 Å². The summed E-state index contributed by atoms with van der Waals surface area (Å²) >= 11 is 0. The zero-order chi connectivity index (χ0) is 16.3. The van der Waals surface area contributed by atoms with Crippen molar-refractivity contribution in [2.75, 3.05) is 6.61 Å². The van der Waals surface area contributed by atoms with E-state index in [0.717, 1.165) is 0 Å². The van der Waals surface area contributed by atoms with E-state index in [1.807, 2.05) is 13.8 Å².